The number of hydrogen-bond acceptors (Lipinski definition) is 5. The molecule has 142 valence electrons. The number of anilines is 1. The minimum Gasteiger partial charge on any atom is -0.496 e. The Kier molecular flexibility index (Phi) is 5.62. The first kappa shape index (κ1) is 19.1. The number of nitrogens with zero attached hydrogens (tertiary/aromatic N) is 2. The summed E-state index contributed by atoms with van der Waals surface area (Å²) < 4.78 is 10.8. The summed E-state index contributed by atoms with van der Waals surface area (Å²) in [5.74, 6) is -0.126. The smallest absolute Gasteiger partial charge is 0.273 e. The van der Waals surface area contributed by atoms with Crippen LogP contribution in [0.4, 0.5) is 11.4 Å². The number of rotatable bonds is 4. The Hall–Kier alpha value is -2.64. The molecule has 0 aliphatic carbocycles. The zero-order valence-electron chi connectivity index (χ0n) is 15.0. The highest BCUT2D eigenvalue weighted by molar-refractivity contribution is 6.30. The van der Waals surface area contributed by atoms with Gasteiger partial charge in [0.2, 0.25) is 0 Å². The predicted molar refractivity (Wildman–Crippen MR) is 102 cm³/mol. The number of methoxy groups -OCH3 is 2. The molecule has 1 atom stereocenters. The summed E-state index contributed by atoms with van der Waals surface area (Å²) in [5, 5.41) is 11.6. The van der Waals surface area contributed by atoms with E-state index in [-0.39, 0.29) is 29.0 Å². The molecule has 0 fully saturated rings. The van der Waals surface area contributed by atoms with E-state index in [9.17, 15) is 14.9 Å². The molecular formula is C19H19ClN2O5. The number of nitro groups is 1. The minimum absolute atomic E-state index is 0.133. The second-order valence-corrected chi connectivity index (χ2v) is 6.60. The molecule has 1 aliphatic heterocycles. The number of benzene rings is 2. The lowest BCUT2D eigenvalue weighted by Gasteiger charge is -2.24. The van der Waals surface area contributed by atoms with Crippen LogP contribution in [-0.4, -0.2) is 31.6 Å². The van der Waals surface area contributed by atoms with Crippen LogP contribution >= 0.6 is 11.6 Å². The van der Waals surface area contributed by atoms with Gasteiger partial charge in [-0.3, -0.25) is 14.9 Å². The van der Waals surface area contributed by atoms with Crippen LogP contribution in [0.5, 0.6) is 5.75 Å². The number of nitro benzene ring substituents is 1. The van der Waals surface area contributed by atoms with E-state index in [4.69, 9.17) is 21.1 Å². The van der Waals surface area contributed by atoms with Gasteiger partial charge in [-0.25, -0.2) is 0 Å². The lowest BCUT2D eigenvalue weighted by atomic mass is 10.0. The Morgan fingerprint density at radius 3 is 2.70 bits per heavy atom. The zero-order valence-corrected chi connectivity index (χ0v) is 15.7. The van der Waals surface area contributed by atoms with Crippen molar-refractivity contribution >= 4 is 28.9 Å². The third-order valence-corrected chi connectivity index (χ3v) is 4.87. The van der Waals surface area contributed by atoms with E-state index in [1.807, 2.05) is 6.07 Å². The van der Waals surface area contributed by atoms with E-state index >= 15 is 0 Å². The standard InChI is InChI=1S/C19H19ClN2O5/c1-26-17-4-3-9-21(16-8-5-12(20)10-15(16)17)19(23)14-7-6-13(22(24)25)11-18(14)27-2/h5-8,10-11,17H,3-4,9H2,1-2H3. The highest BCUT2D eigenvalue weighted by Gasteiger charge is 2.29. The van der Waals surface area contributed by atoms with Crippen molar-refractivity contribution < 1.29 is 19.2 Å². The molecule has 0 spiro atoms. The van der Waals surface area contributed by atoms with E-state index in [1.54, 1.807) is 24.1 Å². The first-order chi connectivity index (χ1) is 13.0. The van der Waals surface area contributed by atoms with Crippen molar-refractivity contribution in [2.24, 2.45) is 0 Å². The van der Waals surface area contributed by atoms with Crippen LogP contribution in [0.1, 0.15) is 34.9 Å². The first-order valence-corrected chi connectivity index (χ1v) is 8.80. The third kappa shape index (κ3) is 3.74. The van der Waals surface area contributed by atoms with Gasteiger partial charge in [0, 0.05) is 36.0 Å². The van der Waals surface area contributed by atoms with Gasteiger partial charge in [0.15, 0.2) is 0 Å². The predicted octanol–water partition coefficient (Wildman–Crippen LogP) is 4.38. The first-order valence-electron chi connectivity index (χ1n) is 8.42. The summed E-state index contributed by atoms with van der Waals surface area (Å²) in [7, 11) is 3.01. The number of halogens is 1. The molecular weight excluding hydrogens is 372 g/mol. The van der Waals surface area contributed by atoms with Crippen LogP contribution in [0.25, 0.3) is 0 Å². The van der Waals surface area contributed by atoms with Crippen LogP contribution in [0, 0.1) is 10.1 Å². The molecule has 0 saturated carbocycles. The van der Waals surface area contributed by atoms with E-state index in [0.717, 1.165) is 18.4 Å². The second-order valence-electron chi connectivity index (χ2n) is 6.17. The van der Waals surface area contributed by atoms with E-state index in [0.29, 0.717) is 17.3 Å². The maximum Gasteiger partial charge on any atom is 0.273 e. The molecule has 8 heteroatoms. The summed E-state index contributed by atoms with van der Waals surface area (Å²) in [4.78, 5) is 25.4. The number of hydrogen-bond donors (Lipinski definition) is 0. The molecule has 0 saturated heterocycles. The van der Waals surface area contributed by atoms with Crippen LogP contribution in [-0.2, 0) is 4.74 Å². The fourth-order valence-electron chi connectivity index (χ4n) is 3.31. The summed E-state index contributed by atoms with van der Waals surface area (Å²) in [5.41, 5.74) is 1.69. The van der Waals surface area contributed by atoms with Crippen molar-refractivity contribution in [2.45, 2.75) is 18.9 Å². The molecule has 1 heterocycles. The van der Waals surface area contributed by atoms with E-state index in [1.165, 1.54) is 25.3 Å². The Bertz CT molecular complexity index is 886. The molecule has 0 N–H and O–H groups in total. The van der Waals surface area contributed by atoms with Gasteiger partial charge in [-0.15, -0.1) is 0 Å². The number of fused-ring (bicyclic) bond motifs is 1. The number of non-ortho nitro benzene ring substituents is 1. The lowest BCUT2D eigenvalue weighted by Crippen LogP contribution is -2.32. The number of carbonyl (C=O) groups excluding carboxylic acids is 1. The van der Waals surface area contributed by atoms with Crippen LogP contribution in [0.3, 0.4) is 0 Å². The Balaban J connectivity index is 2.05. The van der Waals surface area contributed by atoms with Gasteiger partial charge in [0.25, 0.3) is 11.6 Å². The van der Waals surface area contributed by atoms with Gasteiger partial charge < -0.3 is 14.4 Å². The lowest BCUT2D eigenvalue weighted by molar-refractivity contribution is -0.384. The molecule has 0 radical (unpaired) electrons. The monoisotopic (exact) mass is 390 g/mol. The molecule has 0 aromatic heterocycles. The highest BCUT2D eigenvalue weighted by Crippen LogP contribution is 2.38. The summed E-state index contributed by atoms with van der Waals surface area (Å²) in [6, 6.07) is 9.31. The van der Waals surface area contributed by atoms with Crippen molar-refractivity contribution in [3.63, 3.8) is 0 Å². The Morgan fingerprint density at radius 1 is 1.26 bits per heavy atom. The van der Waals surface area contributed by atoms with Gasteiger partial charge in [0.1, 0.15) is 5.75 Å². The molecule has 3 rings (SSSR count). The van der Waals surface area contributed by atoms with Gasteiger partial charge in [-0.2, -0.15) is 0 Å². The topological polar surface area (TPSA) is 81.9 Å². The van der Waals surface area contributed by atoms with Crippen LogP contribution in [0.2, 0.25) is 5.02 Å². The van der Waals surface area contributed by atoms with Crippen molar-refractivity contribution in [1.29, 1.82) is 0 Å². The largest absolute Gasteiger partial charge is 0.496 e. The molecule has 1 amide bonds. The van der Waals surface area contributed by atoms with Crippen molar-refractivity contribution in [1.82, 2.24) is 0 Å². The van der Waals surface area contributed by atoms with Crippen molar-refractivity contribution in [3.05, 3.63) is 62.7 Å². The normalized spacial score (nSPS) is 16.4. The van der Waals surface area contributed by atoms with Crippen molar-refractivity contribution in [3.8, 4) is 5.75 Å². The quantitative estimate of drug-likeness (QED) is 0.571. The SMILES string of the molecule is COc1cc([N+](=O)[O-])ccc1C(=O)N1CCCC(OC)c2cc(Cl)ccc21. The maximum absolute atomic E-state index is 13.3. The molecule has 2 aromatic carbocycles. The van der Waals surface area contributed by atoms with Gasteiger partial charge in [-0.05, 0) is 37.1 Å². The molecule has 0 bridgehead atoms. The number of ether oxygens (including phenoxy) is 2. The van der Waals surface area contributed by atoms with Crippen LogP contribution < -0.4 is 9.64 Å². The van der Waals surface area contributed by atoms with Gasteiger partial charge in [-0.1, -0.05) is 11.6 Å². The molecule has 1 unspecified atom stereocenters. The van der Waals surface area contributed by atoms with Gasteiger partial charge in [0.05, 0.1) is 29.8 Å². The van der Waals surface area contributed by atoms with Crippen LogP contribution in [0.15, 0.2) is 36.4 Å². The number of carbonyl (C=O) groups is 1. The zero-order chi connectivity index (χ0) is 19.6. The minimum atomic E-state index is -0.525. The Labute approximate surface area is 161 Å². The molecule has 27 heavy (non-hydrogen) atoms. The molecule has 2 aromatic rings. The fourth-order valence-corrected chi connectivity index (χ4v) is 3.49. The van der Waals surface area contributed by atoms with Gasteiger partial charge >= 0.3 is 0 Å². The van der Waals surface area contributed by atoms with E-state index < -0.39 is 4.92 Å². The summed E-state index contributed by atoms with van der Waals surface area (Å²) in [6.07, 6.45) is 1.34. The molecule has 7 nitrogen and oxygen atoms in total. The Morgan fingerprint density at radius 2 is 2.04 bits per heavy atom. The number of amides is 1. The maximum atomic E-state index is 13.3. The van der Waals surface area contributed by atoms with Crippen molar-refractivity contribution in [2.75, 3.05) is 25.7 Å². The molecule has 1 aliphatic rings. The summed E-state index contributed by atoms with van der Waals surface area (Å²) in [6.45, 7) is 0.494. The summed E-state index contributed by atoms with van der Waals surface area (Å²) >= 11 is 6.15. The van der Waals surface area contributed by atoms with E-state index in [2.05, 4.69) is 0 Å². The average molecular weight is 391 g/mol. The average Bonchev–Trinajstić information content (AvgIpc) is 2.85. The second kappa shape index (κ2) is 7.94. The highest BCUT2D eigenvalue weighted by atomic mass is 35.5. The third-order valence-electron chi connectivity index (χ3n) is 4.63. The fraction of sp³-hybridized carbons (Fsp3) is 0.316.